The molecule has 0 spiro atoms. The van der Waals surface area contributed by atoms with E-state index in [9.17, 15) is 63.4 Å². The molecule has 115 heavy (non-hydrogen) atoms. The second-order valence-corrected chi connectivity index (χ2v) is 33.9. The van der Waals surface area contributed by atoms with Crippen LogP contribution in [-0.2, 0) is 64.8 Å². The Bertz CT molecular complexity index is 5910. The number of H-pyrrole nitrogens is 2. The van der Waals surface area contributed by atoms with E-state index in [1.807, 2.05) is 48.5 Å². The van der Waals surface area contributed by atoms with Crippen LogP contribution in [0.2, 0.25) is 20.1 Å². The van der Waals surface area contributed by atoms with Gasteiger partial charge in [-0.05, 0) is 161 Å². The van der Waals surface area contributed by atoms with E-state index in [0.29, 0.717) is 91.6 Å². The van der Waals surface area contributed by atoms with E-state index in [0.717, 1.165) is 59.1 Å². The lowest BCUT2D eigenvalue weighted by Gasteiger charge is -2.36. The summed E-state index contributed by atoms with van der Waals surface area (Å²) in [7, 11) is -7.90. The lowest BCUT2D eigenvalue weighted by atomic mass is 9.97. The molecular weight excluding hydrogens is 1650 g/mol. The Morgan fingerprint density at radius 2 is 0.983 bits per heavy atom. The van der Waals surface area contributed by atoms with Gasteiger partial charge in [-0.3, -0.25) is 22.8 Å². The van der Waals surface area contributed by atoms with Crippen LogP contribution in [0.5, 0.6) is 5.75 Å². The quantitative estimate of drug-likeness (QED) is 0.0619. The van der Waals surface area contributed by atoms with Crippen LogP contribution in [0.3, 0.4) is 0 Å². The summed E-state index contributed by atoms with van der Waals surface area (Å²) >= 11 is 20.3. The van der Waals surface area contributed by atoms with Crippen molar-refractivity contribution in [2.24, 2.45) is 11.5 Å². The van der Waals surface area contributed by atoms with Gasteiger partial charge in [0, 0.05) is 124 Å². The molecule has 13 aromatic rings. The molecule has 0 radical (unpaired) electrons. The van der Waals surface area contributed by atoms with Crippen LogP contribution < -0.4 is 16.2 Å². The maximum atomic E-state index is 13.4. The predicted molar refractivity (Wildman–Crippen MR) is 434 cm³/mol. The molecule has 5 aromatic carbocycles. The van der Waals surface area contributed by atoms with Crippen molar-refractivity contribution in [1.82, 2.24) is 47.6 Å². The number of aliphatic hydroxyl groups excluding tert-OH is 1. The lowest BCUT2D eigenvalue weighted by molar-refractivity contribution is -0.139. The highest BCUT2D eigenvalue weighted by atomic mass is 35.5. The molecule has 10 heterocycles. The number of fused-ring (bicyclic) bond motifs is 5. The van der Waals surface area contributed by atoms with E-state index < -0.39 is 71.7 Å². The standard InChI is InChI=1S/C26H28ClN5O5.C15H12ClN3O3S.C15H11ClN2O4S.C8H7ClN2O.2C7H8O2S/c1-26(2,3)37-25(35)32-8-6-31(7-9-32)24(34)19-11-14-10-15(27)12-17(21(14)36-19)16-4-5-29-23-20(16)18(13-30-23)22(28)33;1-9-2-4-10(5-3-9)23(21,22)19-8-11(14(17)20)13-12(16)6-7-18-15(13)19;1-9-2-4-10(5-3-9)23(21,22)18-8-11(15(19)20)13-12(16)6-7-17-14(13)18;9-6-1-2-10-8-7(6)5(4-12)3-11-8;2*1-6-2-4-7(5-3-6)10(8)9/h4-5,10,12-13,19H,6-9,11H2,1-3H3,(H2,28,33)(H,29,30);2-8H,1H3,(H2,17,20);2-8H,1H3,(H,19,20);1-3,12H,4H2,(H,10,11);2*2-5H,1H3,(H,8,9)/p-2. The fourth-order valence-electron chi connectivity index (χ4n) is 11.8. The number of piperazine rings is 1. The molecule has 8 aromatic heterocycles. The van der Waals surface area contributed by atoms with E-state index in [1.54, 1.807) is 125 Å². The number of aromatic amines is 2. The van der Waals surface area contributed by atoms with Crippen molar-refractivity contribution >= 4 is 163 Å². The first kappa shape index (κ1) is 86.5. The molecule has 37 heteroatoms. The molecule has 15 rings (SSSR count). The predicted octanol–water partition coefficient (Wildman–Crippen LogP) is 12.8. The number of aliphatic hydroxyl groups is 1. The van der Waals surface area contributed by atoms with Gasteiger partial charge >= 0.3 is 12.1 Å². The largest absolute Gasteiger partial charge is 0.768 e. The summed E-state index contributed by atoms with van der Waals surface area (Å²) in [5.41, 5.74) is 18.6. The average Bonchev–Trinajstić information content (AvgIpc) is 1.62. The number of amides is 4. The molecule has 0 saturated carbocycles. The third-order valence-corrected chi connectivity index (χ3v) is 23.3. The van der Waals surface area contributed by atoms with Crippen molar-refractivity contribution in [2.45, 2.75) is 92.8 Å². The Morgan fingerprint density at radius 1 is 0.565 bits per heavy atom. The number of ether oxygens (including phenoxy) is 2. The van der Waals surface area contributed by atoms with E-state index in [2.05, 4.69) is 29.9 Å². The number of nitrogens with two attached hydrogens (primary N) is 2. The molecule has 8 N–H and O–H groups in total. The molecule has 2 aliphatic rings. The van der Waals surface area contributed by atoms with Gasteiger partial charge in [0.15, 0.2) is 17.4 Å². The fourth-order valence-corrected chi connectivity index (χ4v) is 16.2. The number of pyridine rings is 4. The van der Waals surface area contributed by atoms with Gasteiger partial charge in [0.2, 0.25) is 0 Å². The topological polar surface area (TPSA) is 444 Å². The second-order valence-electron chi connectivity index (χ2n) is 26.7. The number of hydrogen-bond acceptors (Lipinski definition) is 20. The SMILES string of the molecule is CC(C)(C)OC(=O)N1CCN(C(=O)C2Cc3cc(Cl)cc(-c4ccnc5[nH]cc(C(N)=O)c45)c3O2)CC1.Cc1ccc(S(=O)(=O)n2cc(C(=O)O)c3c(Cl)ccnc32)cc1.Cc1ccc(S(=O)(=O)n2cc(C(N)=O)c3c(Cl)ccnc32)cc1.Cc1ccc(S(=O)[O-])cc1.Cc1ccc(S(=O)[O-])cc1.OCc1c[nH]c2nccc(Cl)c12. The molecule has 4 amide bonds. The van der Waals surface area contributed by atoms with Crippen LogP contribution in [0, 0.1) is 27.7 Å². The number of hydrogen-bond donors (Lipinski definition) is 6. The molecule has 1 saturated heterocycles. The Balaban J connectivity index is 0.000000156. The molecule has 1 fully saturated rings. The number of carbonyl (C=O) groups is 5. The highest BCUT2D eigenvalue weighted by Gasteiger charge is 2.38. The van der Waals surface area contributed by atoms with Gasteiger partial charge in [-0.1, -0.05) is 117 Å². The third kappa shape index (κ3) is 20.2. The van der Waals surface area contributed by atoms with Gasteiger partial charge in [-0.15, -0.1) is 0 Å². The van der Waals surface area contributed by atoms with Gasteiger partial charge < -0.3 is 60.0 Å². The van der Waals surface area contributed by atoms with Crippen LogP contribution >= 0.6 is 46.4 Å². The summed E-state index contributed by atoms with van der Waals surface area (Å²) in [5.74, 6) is -2.25. The molecule has 600 valence electrons. The van der Waals surface area contributed by atoms with E-state index >= 15 is 0 Å². The van der Waals surface area contributed by atoms with Crippen molar-refractivity contribution in [3.63, 3.8) is 0 Å². The fraction of sp³-hybridized carbons (Fsp3) is 0.192. The van der Waals surface area contributed by atoms with Crippen LogP contribution in [0.25, 0.3) is 55.3 Å². The van der Waals surface area contributed by atoms with Gasteiger partial charge in [0.25, 0.3) is 37.8 Å². The first-order valence-corrected chi connectivity index (χ1v) is 41.0. The van der Waals surface area contributed by atoms with Gasteiger partial charge in [0.05, 0.1) is 58.9 Å². The minimum atomic E-state index is -3.98. The van der Waals surface area contributed by atoms with Crippen LogP contribution in [-0.4, -0.2) is 160 Å². The summed E-state index contributed by atoms with van der Waals surface area (Å²) in [6.45, 7) is 14.5. The number of carbonyl (C=O) groups excluding carboxylic acids is 4. The number of aromatic carboxylic acids is 1. The van der Waals surface area contributed by atoms with Crippen LogP contribution in [0.1, 0.15) is 85.2 Å². The Morgan fingerprint density at radius 3 is 1.43 bits per heavy atom. The third-order valence-electron chi connectivity index (χ3n) is 17.5. The number of aromatic nitrogens is 8. The highest BCUT2D eigenvalue weighted by molar-refractivity contribution is 7.90. The average molecular weight is 1720 g/mol. The van der Waals surface area contributed by atoms with E-state index in [4.69, 9.17) is 72.5 Å². The normalized spacial score (nSPS) is 13.7. The summed E-state index contributed by atoms with van der Waals surface area (Å²) in [5, 5.41) is 21.4. The number of carboxylic acids is 1. The van der Waals surface area contributed by atoms with E-state index in [1.165, 1.54) is 55.0 Å². The van der Waals surface area contributed by atoms with Crippen molar-refractivity contribution in [1.29, 1.82) is 0 Å². The second kappa shape index (κ2) is 36.7. The van der Waals surface area contributed by atoms with Crippen molar-refractivity contribution in [3.8, 4) is 16.9 Å². The zero-order valence-corrected chi connectivity index (χ0v) is 68.3. The number of halogens is 4. The minimum Gasteiger partial charge on any atom is -0.768 e. The Hall–Kier alpha value is -11.0. The smallest absolute Gasteiger partial charge is 0.410 e. The summed E-state index contributed by atoms with van der Waals surface area (Å²) in [6.07, 6.45) is 10.6. The number of aryl methyl sites for hydroxylation is 4. The first-order chi connectivity index (χ1) is 54.4. The molecular formula is C78H72Cl4N12O17S4-2. The van der Waals surface area contributed by atoms with Gasteiger partial charge in [-0.25, -0.2) is 54.3 Å². The van der Waals surface area contributed by atoms with E-state index in [-0.39, 0.29) is 71.6 Å². The highest BCUT2D eigenvalue weighted by Crippen LogP contribution is 2.44. The summed E-state index contributed by atoms with van der Waals surface area (Å²) in [4.78, 5) is 87.2. The first-order valence-electron chi connectivity index (χ1n) is 34.4. The number of nitrogens with one attached hydrogen (secondary N) is 2. The van der Waals surface area contributed by atoms with Gasteiger partial charge in [-0.2, -0.15) is 0 Å². The summed E-state index contributed by atoms with van der Waals surface area (Å²) < 4.78 is 106. The lowest BCUT2D eigenvalue weighted by Crippen LogP contribution is -2.54. The number of carboxylic acid groups (broad SMARTS) is 1. The number of nitrogens with zero attached hydrogens (tertiary/aromatic N) is 8. The maximum Gasteiger partial charge on any atom is 0.410 e. The molecule has 3 atom stereocenters. The van der Waals surface area contributed by atoms with Gasteiger partial charge in [0.1, 0.15) is 22.6 Å². The number of benzene rings is 5. The maximum absolute atomic E-state index is 13.4. The zero-order valence-electron chi connectivity index (χ0n) is 62.0. The Labute approximate surface area is 683 Å². The molecule has 3 unspecified atom stereocenters. The molecule has 0 aliphatic carbocycles. The minimum absolute atomic E-state index is 0.00814. The number of primary amides is 2. The number of rotatable bonds is 12. The van der Waals surface area contributed by atoms with Crippen LogP contribution in [0.4, 0.5) is 4.79 Å². The summed E-state index contributed by atoms with van der Waals surface area (Å²) in [6, 6.07) is 35.9. The Kier molecular flexibility index (Phi) is 27.6. The molecule has 0 bridgehead atoms. The van der Waals surface area contributed by atoms with Crippen molar-refractivity contribution < 1.29 is 78.0 Å². The molecule has 2 aliphatic heterocycles. The van der Waals surface area contributed by atoms with Crippen LogP contribution in [0.15, 0.2) is 203 Å². The molecule has 29 nitrogen and oxygen atoms in total. The zero-order chi connectivity index (χ0) is 83.7. The monoisotopic (exact) mass is 1720 g/mol. The van der Waals surface area contributed by atoms with Crippen molar-refractivity contribution in [3.05, 3.63) is 253 Å². The van der Waals surface area contributed by atoms with Crippen molar-refractivity contribution in [2.75, 3.05) is 26.2 Å².